The van der Waals surface area contributed by atoms with Gasteiger partial charge in [0.25, 0.3) is 0 Å². The fraction of sp³-hybridized carbons (Fsp3) is 0.333. The van der Waals surface area contributed by atoms with Crippen molar-refractivity contribution in [3.63, 3.8) is 0 Å². The Morgan fingerprint density at radius 1 is 0.957 bits per heavy atom. The Kier molecular flexibility index (Phi) is 7.12. The predicted octanol–water partition coefficient (Wildman–Crippen LogP) is 4.64. The van der Waals surface area contributed by atoms with E-state index < -0.39 is 8.07 Å². The molecule has 23 heavy (non-hydrogen) atoms. The van der Waals surface area contributed by atoms with E-state index in [1.165, 1.54) is 22.7 Å². The van der Waals surface area contributed by atoms with Gasteiger partial charge in [-0.2, -0.15) is 10.5 Å². The van der Waals surface area contributed by atoms with Crippen LogP contribution in [-0.2, 0) is 0 Å². The van der Waals surface area contributed by atoms with Gasteiger partial charge in [-0.25, -0.2) is 9.97 Å². The van der Waals surface area contributed by atoms with Crippen LogP contribution in [0, 0.1) is 48.0 Å². The molecular formula is C15H15BrN4S2Si. The monoisotopic (exact) mass is 422 g/mol. The highest BCUT2D eigenvalue weighted by atomic mass is 79.9. The van der Waals surface area contributed by atoms with Gasteiger partial charge in [-0.15, -0.1) is 28.2 Å². The minimum absolute atomic E-state index is 0.471. The van der Waals surface area contributed by atoms with E-state index in [9.17, 15) is 0 Å². The summed E-state index contributed by atoms with van der Waals surface area (Å²) in [5.74, 6) is 3.07. The molecule has 0 aliphatic carbocycles. The van der Waals surface area contributed by atoms with Gasteiger partial charge in [0.1, 0.15) is 28.9 Å². The maximum Gasteiger partial charge on any atom is 0.167 e. The smallest absolute Gasteiger partial charge is 0.167 e. The highest BCUT2D eigenvalue weighted by Crippen LogP contribution is 2.22. The largest absolute Gasteiger partial charge is 0.230 e. The van der Waals surface area contributed by atoms with Crippen LogP contribution < -0.4 is 0 Å². The van der Waals surface area contributed by atoms with Crippen LogP contribution in [-0.4, -0.2) is 18.0 Å². The summed E-state index contributed by atoms with van der Waals surface area (Å²) in [5.41, 5.74) is 4.19. The molecule has 0 saturated carbocycles. The van der Waals surface area contributed by atoms with Gasteiger partial charge in [-0.1, -0.05) is 25.6 Å². The van der Waals surface area contributed by atoms with Crippen LogP contribution in [0.1, 0.15) is 26.3 Å². The van der Waals surface area contributed by atoms with E-state index >= 15 is 0 Å². The first-order chi connectivity index (χ1) is 10.7. The van der Waals surface area contributed by atoms with Crippen LogP contribution in [0.2, 0.25) is 19.6 Å². The number of nitriles is 2. The van der Waals surface area contributed by atoms with Crippen LogP contribution in [0.3, 0.4) is 0 Å². The maximum absolute atomic E-state index is 8.80. The summed E-state index contributed by atoms with van der Waals surface area (Å²) in [4.78, 5) is 8.85. The van der Waals surface area contributed by atoms with E-state index in [4.69, 9.17) is 10.5 Å². The third-order valence-corrected chi connectivity index (χ3v) is 5.57. The molecule has 0 atom stereocenters. The summed E-state index contributed by atoms with van der Waals surface area (Å²) < 4.78 is 0.822. The van der Waals surface area contributed by atoms with Gasteiger partial charge in [0.2, 0.25) is 0 Å². The molecular weight excluding hydrogens is 408 g/mol. The van der Waals surface area contributed by atoms with Crippen molar-refractivity contribution in [3.05, 3.63) is 30.1 Å². The molecule has 0 N–H and O–H groups in total. The van der Waals surface area contributed by atoms with Gasteiger partial charge in [-0.3, -0.25) is 0 Å². The van der Waals surface area contributed by atoms with Crippen LogP contribution in [0.5, 0.6) is 0 Å². The summed E-state index contributed by atoms with van der Waals surface area (Å²) in [5, 5.41) is 19.0. The van der Waals surface area contributed by atoms with Crippen molar-refractivity contribution in [2.24, 2.45) is 0 Å². The van der Waals surface area contributed by atoms with Gasteiger partial charge < -0.3 is 0 Å². The first-order valence-corrected chi connectivity index (χ1v) is 12.5. The zero-order chi connectivity index (χ0) is 17.6. The van der Waals surface area contributed by atoms with Crippen LogP contribution in [0.15, 0.2) is 3.79 Å². The number of halogens is 1. The number of thiazole rings is 2. The molecule has 0 amide bonds. The molecule has 8 heteroatoms. The SMILES string of the molecule is Cc1nc(C#N)c(Br)s1.Cc1nc(C#N)c(C#C[Si](C)(C)C)s1. The van der Waals surface area contributed by atoms with Crippen molar-refractivity contribution in [1.29, 1.82) is 10.5 Å². The Morgan fingerprint density at radius 2 is 1.48 bits per heavy atom. The first kappa shape index (κ1) is 19.5. The molecule has 2 aromatic rings. The lowest BCUT2D eigenvalue weighted by Gasteiger charge is -2.02. The highest BCUT2D eigenvalue weighted by molar-refractivity contribution is 9.11. The normalized spacial score (nSPS) is 9.74. The molecule has 0 aliphatic heterocycles. The zero-order valence-electron chi connectivity index (χ0n) is 13.5. The molecule has 0 aromatic carbocycles. The number of nitrogens with zero attached hydrogens (tertiary/aromatic N) is 4. The Hall–Kier alpha value is -1.50. The van der Waals surface area contributed by atoms with Gasteiger partial charge in [0.15, 0.2) is 11.4 Å². The molecule has 4 nitrogen and oxygen atoms in total. The number of hydrogen-bond acceptors (Lipinski definition) is 6. The first-order valence-electron chi connectivity index (χ1n) is 6.60. The second-order valence-corrected chi connectivity index (χ2v) is 14.0. The summed E-state index contributed by atoms with van der Waals surface area (Å²) in [6, 6.07) is 4.03. The third-order valence-electron chi connectivity index (χ3n) is 2.19. The van der Waals surface area contributed by atoms with Gasteiger partial charge >= 0.3 is 0 Å². The van der Waals surface area contributed by atoms with Crippen LogP contribution >= 0.6 is 38.6 Å². The number of rotatable bonds is 0. The number of hydrogen-bond donors (Lipinski definition) is 0. The Labute approximate surface area is 154 Å². The lowest BCUT2D eigenvalue weighted by Crippen LogP contribution is -2.16. The molecule has 2 aromatic heterocycles. The van der Waals surface area contributed by atoms with Gasteiger partial charge in [-0.05, 0) is 29.8 Å². The quantitative estimate of drug-likeness (QED) is 0.457. The van der Waals surface area contributed by atoms with Crippen molar-refractivity contribution >= 4 is 46.7 Å². The lowest BCUT2D eigenvalue weighted by molar-refractivity contribution is 1.25. The molecule has 0 aliphatic rings. The van der Waals surface area contributed by atoms with Gasteiger partial charge in [0, 0.05) is 0 Å². The van der Waals surface area contributed by atoms with Crippen molar-refractivity contribution < 1.29 is 0 Å². The molecule has 118 valence electrons. The van der Waals surface area contributed by atoms with E-state index in [2.05, 4.69) is 63.1 Å². The van der Waals surface area contributed by atoms with Gasteiger partial charge in [0.05, 0.1) is 10.0 Å². The minimum Gasteiger partial charge on any atom is -0.230 e. The van der Waals surface area contributed by atoms with E-state index in [1.807, 2.05) is 19.9 Å². The average Bonchev–Trinajstić information content (AvgIpc) is 2.98. The lowest BCUT2D eigenvalue weighted by atomic mass is 10.4. The van der Waals surface area contributed by atoms with Crippen molar-refractivity contribution in [2.75, 3.05) is 0 Å². The summed E-state index contributed by atoms with van der Waals surface area (Å²) in [7, 11) is -1.36. The molecule has 0 fully saturated rings. The standard InChI is InChI=1S/C10H12N2SSi.C5H3BrN2S/c1-8-12-9(7-11)10(13-8)5-6-14(2,3)4;1-3-8-4(2-7)5(6)9-3/h1-4H3;1H3. The van der Waals surface area contributed by atoms with E-state index in [1.54, 1.807) is 0 Å². The maximum atomic E-state index is 8.80. The molecule has 0 saturated heterocycles. The fourth-order valence-corrected chi connectivity index (χ4v) is 4.08. The Bertz CT molecular complexity index is 838. The summed E-state index contributed by atoms with van der Waals surface area (Å²) in [6.45, 7) is 10.3. The molecule has 0 radical (unpaired) electrons. The Morgan fingerprint density at radius 3 is 1.87 bits per heavy atom. The number of aromatic nitrogens is 2. The van der Waals surface area contributed by atoms with Crippen LogP contribution in [0.4, 0.5) is 0 Å². The fourth-order valence-electron chi connectivity index (χ4n) is 1.30. The molecule has 2 rings (SSSR count). The summed E-state index contributed by atoms with van der Waals surface area (Å²) in [6.07, 6.45) is 0. The predicted molar refractivity (Wildman–Crippen MR) is 101 cm³/mol. The topological polar surface area (TPSA) is 73.4 Å². The third kappa shape index (κ3) is 6.64. The second-order valence-electron chi connectivity index (χ2n) is 5.49. The van der Waals surface area contributed by atoms with Crippen LogP contribution in [0.25, 0.3) is 0 Å². The van der Waals surface area contributed by atoms with E-state index in [0.29, 0.717) is 11.4 Å². The van der Waals surface area contributed by atoms with E-state index in [-0.39, 0.29) is 0 Å². The van der Waals surface area contributed by atoms with Crippen molar-refractivity contribution in [1.82, 2.24) is 9.97 Å². The highest BCUT2D eigenvalue weighted by Gasteiger charge is 2.10. The average molecular weight is 423 g/mol. The minimum atomic E-state index is -1.36. The number of aryl methyl sites for hydroxylation is 2. The van der Waals surface area contributed by atoms with E-state index in [0.717, 1.165) is 18.7 Å². The Balaban J connectivity index is 0.000000253. The molecule has 0 unspecified atom stereocenters. The molecule has 2 heterocycles. The van der Waals surface area contributed by atoms with Crippen molar-refractivity contribution in [3.8, 4) is 23.6 Å². The molecule has 0 spiro atoms. The second kappa shape index (κ2) is 8.38. The van der Waals surface area contributed by atoms with Crippen molar-refractivity contribution in [2.45, 2.75) is 33.5 Å². The zero-order valence-corrected chi connectivity index (χ0v) is 17.7. The molecule has 0 bridgehead atoms. The summed E-state index contributed by atoms with van der Waals surface area (Å²) >= 11 is 6.18.